The van der Waals surface area contributed by atoms with Crippen molar-refractivity contribution in [1.29, 1.82) is 0 Å². The monoisotopic (exact) mass is 275 g/mol. The van der Waals surface area contributed by atoms with Gasteiger partial charge >= 0.3 is 0 Å². The minimum absolute atomic E-state index is 0.396. The Balaban J connectivity index is 2.00. The minimum atomic E-state index is 0.396. The summed E-state index contributed by atoms with van der Waals surface area (Å²) >= 11 is 1.54. The third-order valence-corrected chi connectivity index (χ3v) is 3.69. The van der Waals surface area contributed by atoms with Gasteiger partial charge in [0.05, 0.1) is 16.9 Å². The zero-order chi connectivity index (χ0) is 13.4. The summed E-state index contributed by atoms with van der Waals surface area (Å²) in [6.07, 6.45) is 4.41. The van der Waals surface area contributed by atoms with Gasteiger partial charge in [0.25, 0.3) is 0 Å². The molecular formula is C11H13N7S. The molecule has 7 nitrogen and oxygen atoms in total. The molecular weight excluding hydrogens is 262 g/mol. The number of rotatable bonds is 3. The second-order valence-electron chi connectivity index (χ2n) is 4.08. The maximum absolute atomic E-state index is 5.92. The lowest BCUT2D eigenvalue weighted by atomic mass is 10.5. The van der Waals surface area contributed by atoms with E-state index in [1.807, 2.05) is 13.2 Å². The number of aryl methyl sites for hydroxylation is 2. The zero-order valence-corrected chi connectivity index (χ0v) is 11.4. The topological polar surface area (TPSA) is 94.5 Å². The highest BCUT2D eigenvalue weighted by Gasteiger charge is 2.11. The highest BCUT2D eigenvalue weighted by Crippen LogP contribution is 2.26. The maximum Gasteiger partial charge on any atom is 0.230 e. The second-order valence-corrected chi connectivity index (χ2v) is 5.14. The fourth-order valence-corrected chi connectivity index (χ4v) is 2.59. The molecule has 0 aliphatic rings. The Morgan fingerprint density at radius 1 is 1.37 bits per heavy atom. The van der Waals surface area contributed by atoms with Gasteiger partial charge in [-0.15, -0.1) is 0 Å². The van der Waals surface area contributed by atoms with Crippen molar-refractivity contribution in [2.75, 3.05) is 11.1 Å². The first-order chi connectivity index (χ1) is 9.15. The molecule has 0 radical (unpaired) electrons. The first-order valence-electron chi connectivity index (χ1n) is 5.84. The smallest absolute Gasteiger partial charge is 0.230 e. The molecule has 0 amide bonds. The van der Waals surface area contributed by atoms with Gasteiger partial charge in [0.2, 0.25) is 5.95 Å². The maximum atomic E-state index is 5.92. The number of aromatic nitrogens is 5. The first-order valence-corrected chi connectivity index (χ1v) is 6.66. The molecule has 98 valence electrons. The molecule has 3 aromatic rings. The van der Waals surface area contributed by atoms with Crippen LogP contribution in [0.3, 0.4) is 0 Å². The molecule has 3 aromatic heterocycles. The van der Waals surface area contributed by atoms with Crippen LogP contribution in [0.2, 0.25) is 0 Å². The zero-order valence-electron chi connectivity index (χ0n) is 10.6. The largest absolute Gasteiger partial charge is 0.382 e. The van der Waals surface area contributed by atoms with Crippen molar-refractivity contribution >= 4 is 39.1 Å². The Morgan fingerprint density at radius 2 is 2.21 bits per heavy atom. The van der Waals surface area contributed by atoms with Crippen LogP contribution in [0.1, 0.15) is 11.9 Å². The van der Waals surface area contributed by atoms with E-state index in [0.29, 0.717) is 17.3 Å². The number of hydrogen-bond acceptors (Lipinski definition) is 7. The standard InChI is InChI=1S/C11H13N7S/c1-3-7-15-8-9(12)16-11(17-10(8)19-7)14-6-4-13-18(2)5-6/h4-5H,3H2,1-2H3,(H3,12,14,16,17). The third-order valence-electron chi connectivity index (χ3n) is 2.59. The number of thiazole rings is 1. The summed E-state index contributed by atoms with van der Waals surface area (Å²) in [6.45, 7) is 2.05. The Kier molecular flexibility index (Phi) is 2.79. The molecule has 0 aromatic carbocycles. The predicted octanol–water partition coefficient (Wildman–Crippen LogP) is 1.71. The van der Waals surface area contributed by atoms with Crippen LogP contribution in [0.4, 0.5) is 17.5 Å². The summed E-state index contributed by atoms with van der Waals surface area (Å²) in [5.74, 6) is 0.858. The lowest BCUT2D eigenvalue weighted by Gasteiger charge is -2.02. The molecule has 0 saturated carbocycles. The van der Waals surface area contributed by atoms with Crippen molar-refractivity contribution in [2.24, 2.45) is 7.05 Å². The average molecular weight is 275 g/mol. The van der Waals surface area contributed by atoms with E-state index in [-0.39, 0.29) is 0 Å². The molecule has 0 fully saturated rings. The highest BCUT2D eigenvalue weighted by atomic mass is 32.1. The van der Waals surface area contributed by atoms with Crippen molar-refractivity contribution in [1.82, 2.24) is 24.7 Å². The van der Waals surface area contributed by atoms with E-state index in [1.54, 1.807) is 10.9 Å². The lowest BCUT2D eigenvalue weighted by molar-refractivity contribution is 0.768. The van der Waals surface area contributed by atoms with Crippen molar-refractivity contribution in [3.05, 3.63) is 17.4 Å². The fraction of sp³-hybridized carbons (Fsp3) is 0.273. The summed E-state index contributed by atoms with van der Waals surface area (Å²) < 4.78 is 1.70. The Labute approximate surface area is 113 Å². The SMILES string of the molecule is CCc1nc2c(N)nc(Nc3cnn(C)c3)nc2s1. The Bertz CT molecular complexity index is 730. The van der Waals surface area contributed by atoms with Crippen LogP contribution in [0.15, 0.2) is 12.4 Å². The number of nitrogens with one attached hydrogen (secondary N) is 1. The van der Waals surface area contributed by atoms with Gasteiger partial charge < -0.3 is 11.1 Å². The lowest BCUT2D eigenvalue weighted by Crippen LogP contribution is -2.00. The Hall–Kier alpha value is -2.22. The number of nitrogen functional groups attached to an aromatic ring is 1. The number of fused-ring (bicyclic) bond motifs is 1. The van der Waals surface area contributed by atoms with Crippen molar-refractivity contribution in [2.45, 2.75) is 13.3 Å². The average Bonchev–Trinajstić information content (AvgIpc) is 2.96. The quantitative estimate of drug-likeness (QED) is 0.755. The molecule has 0 aliphatic heterocycles. The van der Waals surface area contributed by atoms with Gasteiger partial charge in [0.15, 0.2) is 10.6 Å². The van der Waals surface area contributed by atoms with E-state index in [4.69, 9.17) is 5.73 Å². The van der Waals surface area contributed by atoms with Crippen LogP contribution in [0, 0.1) is 0 Å². The van der Waals surface area contributed by atoms with E-state index in [0.717, 1.165) is 21.9 Å². The van der Waals surface area contributed by atoms with E-state index < -0.39 is 0 Å². The second kappa shape index (κ2) is 4.47. The normalized spacial score (nSPS) is 11.1. The summed E-state index contributed by atoms with van der Waals surface area (Å²) in [7, 11) is 1.85. The van der Waals surface area contributed by atoms with Crippen LogP contribution < -0.4 is 11.1 Å². The van der Waals surface area contributed by atoms with Crippen LogP contribution in [-0.4, -0.2) is 24.7 Å². The number of anilines is 3. The third kappa shape index (κ3) is 2.22. The summed E-state index contributed by atoms with van der Waals surface area (Å²) in [5.41, 5.74) is 7.42. The molecule has 0 atom stereocenters. The summed E-state index contributed by atoms with van der Waals surface area (Å²) in [5, 5.41) is 8.16. The van der Waals surface area contributed by atoms with Gasteiger partial charge in [-0.2, -0.15) is 15.1 Å². The van der Waals surface area contributed by atoms with Crippen LogP contribution in [-0.2, 0) is 13.5 Å². The number of hydrogen-bond donors (Lipinski definition) is 2. The van der Waals surface area contributed by atoms with Crippen molar-refractivity contribution in [3.63, 3.8) is 0 Å². The predicted molar refractivity (Wildman–Crippen MR) is 75.5 cm³/mol. The molecule has 0 bridgehead atoms. The molecule has 0 unspecified atom stereocenters. The highest BCUT2D eigenvalue weighted by molar-refractivity contribution is 7.18. The van der Waals surface area contributed by atoms with Crippen LogP contribution in [0.25, 0.3) is 10.3 Å². The molecule has 0 spiro atoms. The van der Waals surface area contributed by atoms with Gasteiger partial charge in [0, 0.05) is 13.2 Å². The van der Waals surface area contributed by atoms with Crippen molar-refractivity contribution < 1.29 is 0 Å². The summed E-state index contributed by atoms with van der Waals surface area (Å²) in [4.78, 5) is 13.9. The molecule has 3 N–H and O–H groups in total. The number of nitrogens with two attached hydrogens (primary N) is 1. The Morgan fingerprint density at radius 3 is 2.89 bits per heavy atom. The molecule has 19 heavy (non-hydrogen) atoms. The van der Waals surface area contributed by atoms with Gasteiger partial charge in [-0.3, -0.25) is 4.68 Å². The minimum Gasteiger partial charge on any atom is -0.382 e. The summed E-state index contributed by atoms with van der Waals surface area (Å²) in [6, 6.07) is 0. The van der Waals surface area contributed by atoms with E-state index >= 15 is 0 Å². The number of nitrogens with zero attached hydrogens (tertiary/aromatic N) is 5. The van der Waals surface area contributed by atoms with Gasteiger partial charge in [-0.05, 0) is 6.42 Å². The molecule has 0 saturated heterocycles. The molecule has 3 rings (SSSR count). The van der Waals surface area contributed by atoms with Crippen LogP contribution in [0.5, 0.6) is 0 Å². The molecule has 8 heteroatoms. The molecule has 0 aliphatic carbocycles. The fourth-order valence-electron chi connectivity index (χ4n) is 1.71. The van der Waals surface area contributed by atoms with E-state index in [9.17, 15) is 0 Å². The van der Waals surface area contributed by atoms with Crippen molar-refractivity contribution in [3.8, 4) is 0 Å². The van der Waals surface area contributed by atoms with Crippen LogP contribution >= 0.6 is 11.3 Å². The first kappa shape index (κ1) is 11.8. The van der Waals surface area contributed by atoms with Gasteiger partial charge in [0.1, 0.15) is 5.52 Å². The van der Waals surface area contributed by atoms with E-state index in [1.165, 1.54) is 11.3 Å². The van der Waals surface area contributed by atoms with Gasteiger partial charge in [-0.1, -0.05) is 18.3 Å². The van der Waals surface area contributed by atoms with E-state index in [2.05, 4.69) is 32.3 Å². The molecule has 3 heterocycles. The van der Waals surface area contributed by atoms with Gasteiger partial charge in [-0.25, -0.2) is 4.98 Å².